The number of ether oxygens (including phenoxy) is 1. The molecule has 1 aromatic carbocycles. The van der Waals surface area contributed by atoms with E-state index < -0.39 is 23.8 Å². The van der Waals surface area contributed by atoms with Crippen LogP contribution in [-0.2, 0) is 24.0 Å². The van der Waals surface area contributed by atoms with Gasteiger partial charge in [-0.2, -0.15) is 13.2 Å². The Hall–Kier alpha value is -2.47. The molecule has 1 saturated heterocycles. The van der Waals surface area contributed by atoms with Crippen LogP contribution in [0.4, 0.5) is 13.2 Å². The lowest BCUT2D eigenvalue weighted by molar-refractivity contribution is -0.137. The summed E-state index contributed by atoms with van der Waals surface area (Å²) in [6.45, 7) is 10.1. The number of nitrogens with zero attached hydrogens (tertiary/aromatic N) is 3. The highest BCUT2D eigenvalue weighted by molar-refractivity contribution is 5.91. The van der Waals surface area contributed by atoms with Crippen molar-refractivity contribution in [2.75, 3.05) is 39.3 Å². The second-order valence-corrected chi connectivity index (χ2v) is 9.66. The van der Waals surface area contributed by atoms with Gasteiger partial charge in [0.2, 0.25) is 5.89 Å². The molecule has 1 amide bonds. The standard InChI is InChI=1S/C24H33F3N4O4/c1-23(2,3)35-15-19(32)13-30-7-9-31(10-8-30)14-21-29-20(16-34-21)22(33)28-12-17-5-4-6-18(11-17)24(25,26)27/h4-6,11,16,19,32H,7-10,12-15H2,1-3H3,(H,28,33). The molecule has 1 aromatic heterocycles. The molecule has 2 heterocycles. The number of rotatable bonds is 9. The molecule has 3 rings (SSSR count). The highest BCUT2D eigenvalue weighted by Crippen LogP contribution is 2.29. The van der Waals surface area contributed by atoms with Crippen molar-refractivity contribution < 1.29 is 32.2 Å². The smallest absolute Gasteiger partial charge is 0.416 e. The normalized spacial score (nSPS) is 16.9. The molecule has 0 radical (unpaired) electrons. The molecule has 1 fully saturated rings. The van der Waals surface area contributed by atoms with Gasteiger partial charge in [0, 0.05) is 39.3 Å². The Kier molecular flexibility index (Phi) is 8.92. The number of hydrogen-bond acceptors (Lipinski definition) is 7. The van der Waals surface area contributed by atoms with Crippen LogP contribution in [0.25, 0.3) is 0 Å². The number of oxazole rings is 1. The summed E-state index contributed by atoms with van der Waals surface area (Å²) in [6.07, 6.45) is -3.74. The second kappa shape index (κ2) is 11.5. The third-order valence-electron chi connectivity index (χ3n) is 5.49. The van der Waals surface area contributed by atoms with Crippen LogP contribution in [0.2, 0.25) is 0 Å². The van der Waals surface area contributed by atoms with E-state index in [1.807, 2.05) is 20.8 Å². The maximum absolute atomic E-state index is 12.8. The van der Waals surface area contributed by atoms with Crippen LogP contribution >= 0.6 is 0 Å². The molecule has 11 heteroatoms. The second-order valence-electron chi connectivity index (χ2n) is 9.66. The van der Waals surface area contributed by atoms with Gasteiger partial charge in [-0.3, -0.25) is 14.6 Å². The van der Waals surface area contributed by atoms with E-state index in [2.05, 4.69) is 20.1 Å². The number of aliphatic hydroxyl groups is 1. The number of piperazine rings is 1. The van der Waals surface area contributed by atoms with E-state index in [0.29, 0.717) is 31.2 Å². The largest absolute Gasteiger partial charge is 0.447 e. The first-order chi connectivity index (χ1) is 16.4. The van der Waals surface area contributed by atoms with Crippen LogP contribution in [0.5, 0.6) is 0 Å². The SMILES string of the molecule is CC(C)(C)OCC(O)CN1CCN(Cc2nc(C(=O)NCc3cccc(C(F)(F)F)c3)co2)CC1. The van der Waals surface area contributed by atoms with Crippen molar-refractivity contribution in [2.45, 2.75) is 51.7 Å². The first-order valence-electron chi connectivity index (χ1n) is 11.5. The van der Waals surface area contributed by atoms with Crippen LogP contribution in [0.3, 0.4) is 0 Å². The molecule has 0 aliphatic carbocycles. The van der Waals surface area contributed by atoms with Crippen LogP contribution in [-0.4, -0.2) is 76.8 Å². The van der Waals surface area contributed by atoms with Gasteiger partial charge in [0.1, 0.15) is 6.26 Å². The van der Waals surface area contributed by atoms with Crippen molar-refractivity contribution in [3.8, 4) is 0 Å². The fraction of sp³-hybridized carbons (Fsp3) is 0.583. The number of aliphatic hydroxyl groups excluding tert-OH is 1. The van der Waals surface area contributed by atoms with E-state index in [4.69, 9.17) is 9.15 Å². The molecule has 1 aliphatic rings. The summed E-state index contributed by atoms with van der Waals surface area (Å²) in [6, 6.07) is 4.81. The zero-order chi connectivity index (χ0) is 25.6. The van der Waals surface area contributed by atoms with Gasteiger partial charge in [-0.25, -0.2) is 4.98 Å². The number of β-amino-alcohol motifs (C(OH)–C–C–N with tert-alkyl or cyclic N) is 1. The van der Waals surface area contributed by atoms with Crippen molar-refractivity contribution in [1.29, 1.82) is 0 Å². The lowest BCUT2D eigenvalue weighted by Gasteiger charge is -2.35. The van der Waals surface area contributed by atoms with Gasteiger partial charge in [-0.15, -0.1) is 0 Å². The van der Waals surface area contributed by atoms with Gasteiger partial charge in [-0.05, 0) is 38.5 Å². The summed E-state index contributed by atoms with van der Waals surface area (Å²) in [5.74, 6) is -0.130. The Labute approximate surface area is 203 Å². The van der Waals surface area contributed by atoms with Crippen LogP contribution < -0.4 is 5.32 Å². The molecule has 0 bridgehead atoms. The third-order valence-corrected chi connectivity index (χ3v) is 5.49. The fourth-order valence-electron chi connectivity index (χ4n) is 3.64. The number of halogens is 3. The van der Waals surface area contributed by atoms with Gasteiger partial charge in [-0.1, -0.05) is 12.1 Å². The van der Waals surface area contributed by atoms with Gasteiger partial charge < -0.3 is 19.6 Å². The van der Waals surface area contributed by atoms with E-state index in [1.54, 1.807) is 0 Å². The highest BCUT2D eigenvalue weighted by atomic mass is 19.4. The molecule has 194 valence electrons. The maximum atomic E-state index is 12.8. The summed E-state index contributed by atoms with van der Waals surface area (Å²) in [7, 11) is 0. The first kappa shape index (κ1) is 27.1. The third kappa shape index (κ3) is 8.92. The van der Waals surface area contributed by atoms with Crippen molar-refractivity contribution in [1.82, 2.24) is 20.1 Å². The number of carbonyl (C=O) groups excluding carboxylic acids is 1. The van der Waals surface area contributed by atoms with Gasteiger partial charge in [0.05, 0.1) is 30.4 Å². The highest BCUT2D eigenvalue weighted by Gasteiger charge is 2.30. The molecular formula is C24H33F3N4O4. The Morgan fingerprint density at radius 3 is 2.54 bits per heavy atom. The first-order valence-corrected chi connectivity index (χ1v) is 11.5. The number of nitrogens with one attached hydrogen (secondary N) is 1. The lowest BCUT2D eigenvalue weighted by Crippen LogP contribution is -2.49. The number of amides is 1. The molecule has 35 heavy (non-hydrogen) atoms. The zero-order valence-corrected chi connectivity index (χ0v) is 20.3. The fourth-order valence-corrected chi connectivity index (χ4v) is 3.64. The van der Waals surface area contributed by atoms with Crippen molar-refractivity contribution >= 4 is 5.91 Å². The molecule has 1 aliphatic heterocycles. The average Bonchev–Trinajstić information content (AvgIpc) is 3.25. The van der Waals surface area contributed by atoms with Crippen molar-refractivity contribution in [2.24, 2.45) is 0 Å². The van der Waals surface area contributed by atoms with Crippen molar-refractivity contribution in [3.63, 3.8) is 0 Å². The molecule has 0 saturated carbocycles. The van der Waals surface area contributed by atoms with Crippen LogP contribution in [0.1, 0.15) is 48.3 Å². The minimum Gasteiger partial charge on any atom is -0.447 e. The average molecular weight is 499 g/mol. The van der Waals surface area contributed by atoms with Crippen molar-refractivity contribution in [3.05, 3.63) is 53.2 Å². The Morgan fingerprint density at radius 1 is 1.20 bits per heavy atom. The quantitative estimate of drug-likeness (QED) is 0.549. The zero-order valence-electron chi connectivity index (χ0n) is 20.3. The molecule has 0 spiro atoms. The van der Waals surface area contributed by atoms with Gasteiger partial charge in [0.25, 0.3) is 5.91 Å². The van der Waals surface area contributed by atoms with E-state index in [9.17, 15) is 23.1 Å². The molecule has 2 N–H and O–H groups in total. The number of hydrogen-bond donors (Lipinski definition) is 2. The van der Waals surface area contributed by atoms with E-state index >= 15 is 0 Å². The Bertz CT molecular complexity index is 966. The molecular weight excluding hydrogens is 465 g/mol. The summed E-state index contributed by atoms with van der Waals surface area (Å²) in [5, 5.41) is 12.8. The predicted octanol–water partition coefficient (Wildman–Crippen LogP) is 2.92. The molecule has 8 nitrogen and oxygen atoms in total. The Morgan fingerprint density at radius 2 is 1.89 bits per heavy atom. The lowest BCUT2D eigenvalue weighted by atomic mass is 10.1. The van der Waals surface area contributed by atoms with Gasteiger partial charge >= 0.3 is 6.18 Å². The summed E-state index contributed by atoms with van der Waals surface area (Å²) in [5.41, 5.74) is -0.637. The summed E-state index contributed by atoms with van der Waals surface area (Å²) < 4.78 is 49.6. The number of benzene rings is 1. The number of aromatic nitrogens is 1. The topological polar surface area (TPSA) is 91.1 Å². The molecule has 1 unspecified atom stereocenters. The Balaban J connectivity index is 1.41. The summed E-state index contributed by atoms with van der Waals surface area (Å²) >= 11 is 0. The van der Waals surface area contributed by atoms with E-state index in [0.717, 1.165) is 38.3 Å². The minimum atomic E-state index is -4.44. The maximum Gasteiger partial charge on any atom is 0.416 e. The number of carbonyl (C=O) groups is 1. The van der Waals surface area contributed by atoms with Gasteiger partial charge in [0.15, 0.2) is 5.69 Å². The summed E-state index contributed by atoms with van der Waals surface area (Å²) in [4.78, 5) is 20.9. The number of alkyl halides is 3. The molecule has 1 atom stereocenters. The minimum absolute atomic E-state index is 0.0560. The van der Waals surface area contributed by atoms with E-state index in [-0.39, 0.29) is 17.8 Å². The van der Waals surface area contributed by atoms with E-state index in [1.165, 1.54) is 18.4 Å². The predicted molar refractivity (Wildman–Crippen MR) is 123 cm³/mol. The van der Waals surface area contributed by atoms with Crippen LogP contribution in [0.15, 0.2) is 34.9 Å². The monoisotopic (exact) mass is 498 g/mol. The molecule has 2 aromatic rings. The van der Waals surface area contributed by atoms with Crippen LogP contribution in [0, 0.1) is 0 Å².